The van der Waals surface area contributed by atoms with Crippen molar-refractivity contribution in [3.8, 4) is 0 Å². The summed E-state index contributed by atoms with van der Waals surface area (Å²) in [5, 5.41) is 3.43. The van der Waals surface area contributed by atoms with Crippen molar-refractivity contribution in [2.24, 2.45) is 5.41 Å². The van der Waals surface area contributed by atoms with E-state index >= 15 is 0 Å². The monoisotopic (exact) mass is 279 g/mol. The standard InChI is InChI=1S/C16H29N3O/c1-10(2)17-9-13-11(3)18-15(19-12(13)4)14(20-8)16(5,6)7/h10,14,17H,9H2,1-8H3. The zero-order valence-corrected chi connectivity index (χ0v) is 14.2. The minimum atomic E-state index is -0.0907. The summed E-state index contributed by atoms with van der Waals surface area (Å²) in [6, 6.07) is 0.453. The van der Waals surface area contributed by atoms with Gasteiger partial charge in [0.25, 0.3) is 0 Å². The van der Waals surface area contributed by atoms with Gasteiger partial charge >= 0.3 is 0 Å². The number of hydrogen-bond acceptors (Lipinski definition) is 4. The van der Waals surface area contributed by atoms with Crippen LogP contribution in [0, 0.1) is 19.3 Å². The third-order valence-electron chi connectivity index (χ3n) is 3.38. The molecule has 4 heteroatoms. The van der Waals surface area contributed by atoms with Gasteiger partial charge < -0.3 is 10.1 Å². The summed E-state index contributed by atoms with van der Waals surface area (Å²) in [4.78, 5) is 9.35. The summed E-state index contributed by atoms with van der Waals surface area (Å²) in [5.74, 6) is 0.781. The molecule has 1 rings (SSSR count). The highest BCUT2D eigenvalue weighted by atomic mass is 16.5. The Morgan fingerprint density at radius 2 is 1.60 bits per heavy atom. The summed E-state index contributed by atoms with van der Waals surface area (Å²) in [7, 11) is 1.72. The minimum absolute atomic E-state index is 0.0225. The van der Waals surface area contributed by atoms with Gasteiger partial charge in [-0.15, -0.1) is 0 Å². The molecule has 1 aromatic rings. The van der Waals surface area contributed by atoms with Gasteiger partial charge in [0, 0.05) is 36.6 Å². The van der Waals surface area contributed by atoms with Crippen molar-refractivity contribution >= 4 is 0 Å². The molecule has 0 aromatic carbocycles. The summed E-state index contributed by atoms with van der Waals surface area (Å²) in [6.07, 6.45) is -0.0907. The fraction of sp³-hybridized carbons (Fsp3) is 0.750. The van der Waals surface area contributed by atoms with E-state index in [4.69, 9.17) is 4.74 Å². The van der Waals surface area contributed by atoms with Crippen molar-refractivity contribution in [3.05, 3.63) is 22.8 Å². The molecule has 0 saturated carbocycles. The molecule has 114 valence electrons. The molecular weight excluding hydrogens is 250 g/mol. The van der Waals surface area contributed by atoms with E-state index in [-0.39, 0.29) is 11.5 Å². The van der Waals surface area contributed by atoms with E-state index < -0.39 is 0 Å². The fourth-order valence-corrected chi connectivity index (χ4v) is 2.29. The molecule has 1 heterocycles. The Hall–Kier alpha value is -1.00. The van der Waals surface area contributed by atoms with E-state index in [1.807, 2.05) is 13.8 Å². The first kappa shape index (κ1) is 17.1. The first-order valence-corrected chi connectivity index (χ1v) is 7.27. The lowest BCUT2D eigenvalue weighted by Gasteiger charge is -2.28. The van der Waals surface area contributed by atoms with Crippen LogP contribution >= 0.6 is 0 Å². The van der Waals surface area contributed by atoms with Crippen LogP contribution in [0.4, 0.5) is 0 Å². The van der Waals surface area contributed by atoms with Crippen LogP contribution in [0.3, 0.4) is 0 Å². The zero-order chi connectivity index (χ0) is 15.5. The molecule has 0 aliphatic rings. The molecule has 0 aliphatic heterocycles. The Labute approximate surface area is 123 Å². The van der Waals surface area contributed by atoms with Gasteiger partial charge in [-0.05, 0) is 19.3 Å². The van der Waals surface area contributed by atoms with E-state index in [0.717, 1.165) is 23.8 Å². The van der Waals surface area contributed by atoms with Gasteiger partial charge in [0.1, 0.15) is 6.10 Å². The molecule has 0 spiro atoms. The summed E-state index contributed by atoms with van der Waals surface area (Å²) >= 11 is 0. The maximum Gasteiger partial charge on any atom is 0.158 e. The first-order valence-electron chi connectivity index (χ1n) is 7.27. The number of rotatable bonds is 5. The Balaban J connectivity index is 3.09. The largest absolute Gasteiger partial charge is 0.373 e. The first-order chi connectivity index (χ1) is 9.16. The molecule has 0 amide bonds. The second kappa shape index (κ2) is 6.64. The van der Waals surface area contributed by atoms with Crippen LogP contribution in [-0.4, -0.2) is 23.1 Å². The Morgan fingerprint density at radius 3 is 1.95 bits per heavy atom. The Bertz CT molecular complexity index is 427. The van der Waals surface area contributed by atoms with Crippen LogP contribution in [-0.2, 0) is 11.3 Å². The number of nitrogens with zero attached hydrogens (tertiary/aromatic N) is 2. The van der Waals surface area contributed by atoms with Crippen molar-refractivity contribution in [1.82, 2.24) is 15.3 Å². The van der Waals surface area contributed by atoms with E-state index in [9.17, 15) is 0 Å². The molecule has 1 N–H and O–H groups in total. The van der Waals surface area contributed by atoms with Crippen molar-refractivity contribution in [2.75, 3.05) is 7.11 Å². The third kappa shape index (κ3) is 4.25. The number of ether oxygens (including phenoxy) is 1. The van der Waals surface area contributed by atoms with Crippen LogP contribution in [0.25, 0.3) is 0 Å². The second-order valence-corrected chi connectivity index (χ2v) is 6.75. The minimum Gasteiger partial charge on any atom is -0.373 e. The van der Waals surface area contributed by atoms with Gasteiger partial charge in [0.15, 0.2) is 5.82 Å². The lowest BCUT2D eigenvalue weighted by molar-refractivity contribution is 0.00839. The average Bonchev–Trinajstić information content (AvgIpc) is 2.26. The molecule has 20 heavy (non-hydrogen) atoms. The number of methoxy groups -OCH3 is 1. The Kier molecular flexibility index (Phi) is 5.66. The highest BCUT2D eigenvalue weighted by Crippen LogP contribution is 2.34. The van der Waals surface area contributed by atoms with Gasteiger partial charge in [0.2, 0.25) is 0 Å². The van der Waals surface area contributed by atoms with E-state index in [1.165, 1.54) is 5.56 Å². The quantitative estimate of drug-likeness (QED) is 0.898. The van der Waals surface area contributed by atoms with Crippen LogP contribution in [0.2, 0.25) is 0 Å². The molecule has 0 saturated heterocycles. The fourth-order valence-electron chi connectivity index (χ4n) is 2.29. The topological polar surface area (TPSA) is 47.0 Å². The molecule has 0 bridgehead atoms. The highest BCUT2D eigenvalue weighted by Gasteiger charge is 2.29. The maximum atomic E-state index is 5.61. The van der Waals surface area contributed by atoms with Crippen molar-refractivity contribution in [1.29, 1.82) is 0 Å². The molecule has 1 aromatic heterocycles. The van der Waals surface area contributed by atoms with Crippen LogP contribution in [0.5, 0.6) is 0 Å². The van der Waals surface area contributed by atoms with Crippen molar-refractivity contribution in [2.45, 2.75) is 67.2 Å². The van der Waals surface area contributed by atoms with Gasteiger partial charge in [-0.2, -0.15) is 0 Å². The molecule has 1 atom stereocenters. The van der Waals surface area contributed by atoms with Gasteiger partial charge in [-0.1, -0.05) is 34.6 Å². The average molecular weight is 279 g/mol. The predicted molar refractivity (Wildman–Crippen MR) is 82.7 cm³/mol. The van der Waals surface area contributed by atoms with E-state index in [2.05, 4.69) is 49.9 Å². The lowest BCUT2D eigenvalue weighted by atomic mass is 9.88. The van der Waals surface area contributed by atoms with E-state index in [1.54, 1.807) is 7.11 Å². The highest BCUT2D eigenvalue weighted by molar-refractivity contribution is 5.25. The molecule has 0 aliphatic carbocycles. The predicted octanol–water partition coefficient (Wildman–Crippen LogP) is 3.33. The number of aryl methyl sites for hydroxylation is 2. The summed E-state index contributed by atoms with van der Waals surface area (Å²) in [6.45, 7) is 15.6. The lowest BCUT2D eigenvalue weighted by Crippen LogP contribution is -2.26. The SMILES string of the molecule is COC(c1nc(C)c(CNC(C)C)c(C)n1)C(C)(C)C. The molecular formula is C16H29N3O. The number of nitrogens with one attached hydrogen (secondary N) is 1. The van der Waals surface area contributed by atoms with Crippen LogP contribution in [0.15, 0.2) is 0 Å². The maximum absolute atomic E-state index is 5.61. The van der Waals surface area contributed by atoms with Crippen LogP contribution in [0.1, 0.15) is 63.5 Å². The van der Waals surface area contributed by atoms with Crippen molar-refractivity contribution < 1.29 is 4.74 Å². The second-order valence-electron chi connectivity index (χ2n) is 6.75. The Morgan fingerprint density at radius 1 is 1.10 bits per heavy atom. The van der Waals surface area contributed by atoms with E-state index in [0.29, 0.717) is 6.04 Å². The summed E-state index contributed by atoms with van der Waals surface area (Å²) < 4.78 is 5.61. The normalized spacial score (nSPS) is 13.8. The number of aromatic nitrogens is 2. The van der Waals surface area contributed by atoms with Gasteiger partial charge in [-0.3, -0.25) is 0 Å². The molecule has 0 radical (unpaired) electrons. The smallest absolute Gasteiger partial charge is 0.158 e. The summed E-state index contributed by atoms with van der Waals surface area (Å²) in [5.41, 5.74) is 3.23. The van der Waals surface area contributed by atoms with Gasteiger partial charge in [-0.25, -0.2) is 9.97 Å². The third-order valence-corrected chi connectivity index (χ3v) is 3.38. The van der Waals surface area contributed by atoms with Crippen molar-refractivity contribution in [3.63, 3.8) is 0 Å². The van der Waals surface area contributed by atoms with Crippen LogP contribution < -0.4 is 5.32 Å². The van der Waals surface area contributed by atoms with Gasteiger partial charge in [0.05, 0.1) is 0 Å². The molecule has 1 unspecified atom stereocenters. The molecule has 4 nitrogen and oxygen atoms in total. The molecule has 0 fully saturated rings. The number of hydrogen-bond donors (Lipinski definition) is 1. The zero-order valence-electron chi connectivity index (χ0n) is 14.2.